The summed E-state index contributed by atoms with van der Waals surface area (Å²) < 4.78 is 0. The lowest BCUT2D eigenvalue weighted by Crippen LogP contribution is -2.24. The molecule has 0 aliphatic rings. The topological polar surface area (TPSA) is 54.0 Å². The molecule has 0 radical (unpaired) electrons. The van der Waals surface area contributed by atoms with Crippen LogP contribution < -0.4 is 10.6 Å². The van der Waals surface area contributed by atoms with Gasteiger partial charge in [0.15, 0.2) is 0 Å². The molecule has 0 saturated heterocycles. The minimum atomic E-state index is 0.0308. The van der Waals surface area contributed by atoms with Crippen molar-refractivity contribution >= 4 is 17.2 Å². The fraction of sp³-hybridized carbons (Fsp3) is 0.583. The zero-order valence-electron chi connectivity index (χ0n) is 17.9. The fourth-order valence-electron chi connectivity index (χ4n) is 3.34. The van der Waals surface area contributed by atoms with E-state index in [1.54, 1.807) is 11.3 Å². The number of carbonyl (C=O) groups excluding carboxylic acids is 1. The van der Waals surface area contributed by atoms with E-state index in [1.807, 2.05) is 35.8 Å². The average Bonchev–Trinajstić information content (AvgIpc) is 3.26. The first-order chi connectivity index (χ1) is 14.3. The van der Waals surface area contributed by atoms with Gasteiger partial charge in [0.25, 0.3) is 5.91 Å². The molecule has 0 spiro atoms. The largest absolute Gasteiger partial charge is 0.352 e. The highest BCUT2D eigenvalue weighted by atomic mass is 32.1. The number of nitrogens with zero attached hydrogens (tertiary/aromatic N) is 1. The van der Waals surface area contributed by atoms with Crippen LogP contribution in [-0.4, -0.2) is 17.4 Å². The van der Waals surface area contributed by atoms with Crippen molar-refractivity contribution in [3.8, 4) is 0 Å². The van der Waals surface area contributed by atoms with E-state index in [-0.39, 0.29) is 5.91 Å². The molecule has 5 heteroatoms. The summed E-state index contributed by atoms with van der Waals surface area (Å²) in [4.78, 5) is 16.5. The molecule has 2 aromatic rings. The zero-order chi connectivity index (χ0) is 20.6. The molecule has 1 heterocycles. The van der Waals surface area contributed by atoms with Crippen LogP contribution in [0.15, 0.2) is 35.8 Å². The van der Waals surface area contributed by atoms with Crippen LogP contribution in [0.25, 0.3) is 0 Å². The van der Waals surface area contributed by atoms with Gasteiger partial charge in [-0.1, -0.05) is 76.8 Å². The molecule has 0 bridgehead atoms. The average molecular weight is 416 g/mol. The van der Waals surface area contributed by atoms with Crippen LogP contribution in [0.2, 0.25) is 0 Å². The number of rotatable bonds is 16. The van der Waals surface area contributed by atoms with Gasteiger partial charge in [0.05, 0.1) is 0 Å². The van der Waals surface area contributed by atoms with Crippen molar-refractivity contribution in [1.29, 1.82) is 0 Å². The molecule has 0 saturated carbocycles. The molecule has 4 nitrogen and oxygen atoms in total. The summed E-state index contributed by atoms with van der Waals surface area (Å²) >= 11 is 1.66. The number of hydrogen-bond acceptors (Lipinski definition) is 4. The van der Waals surface area contributed by atoms with Gasteiger partial charge in [-0.25, -0.2) is 4.98 Å². The molecule has 0 unspecified atom stereocenters. The van der Waals surface area contributed by atoms with Crippen molar-refractivity contribution < 1.29 is 4.79 Å². The second kappa shape index (κ2) is 15.2. The summed E-state index contributed by atoms with van der Waals surface area (Å²) in [6.45, 7) is 4.59. The first kappa shape index (κ1) is 23.6. The molecule has 1 amide bonds. The predicted octanol–water partition coefficient (Wildman–Crippen LogP) is 6.08. The highest BCUT2D eigenvalue weighted by Gasteiger charge is 2.05. The van der Waals surface area contributed by atoms with Crippen molar-refractivity contribution in [3.05, 3.63) is 52.0 Å². The molecule has 160 valence electrons. The molecule has 0 aliphatic carbocycles. The molecule has 2 N–H and O–H groups in total. The van der Waals surface area contributed by atoms with Gasteiger partial charge in [-0.15, -0.1) is 11.3 Å². The Morgan fingerprint density at radius 3 is 2.17 bits per heavy atom. The zero-order valence-corrected chi connectivity index (χ0v) is 18.7. The number of nitrogens with one attached hydrogen (secondary N) is 2. The van der Waals surface area contributed by atoms with Crippen molar-refractivity contribution in [2.75, 3.05) is 6.54 Å². The summed E-state index contributed by atoms with van der Waals surface area (Å²) in [6.07, 6.45) is 15.0. The monoisotopic (exact) mass is 415 g/mol. The summed E-state index contributed by atoms with van der Waals surface area (Å²) in [7, 11) is 0. The lowest BCUT2D eigenvalue weighted by molar-refractivity contribution is 0.0953. The molecule has 0 fully saturated rings. The molecule has 1 aromatic heterocycles. The van der Waals surface area contributed by atoms with E-state index in [9.17, 15) is 4.79 Å². The first-order valence-corrected chi connectivity index (χ1v) is 12.1. The highest BCUT2D eigenvalue weighted by Crippen LogP contribution is 2.10. The van der Waals surface area contributed by atoms with Crippen LogP contribution in [0.1, 0.15) is 92.1 Å². The molecule has 1 aromatic carbocycles. The third-order valence-electron chi connectivity index (χ3n) is 5.12. The van der Waals surface area contributed by atoms with Gasteiger partial charge < -0.3 is 10.6 Å². The number of amides is 1. The van der Waals surface area contributed by atoms with Crippen molar-refractivity contribution in [2.24, 2.45) is 0 Å². The van der Waals surface area contributed by atoms with E-state index in [0.29, 0.717) is 0 Å². The Bertz CT molecular complexity index is 655. The SMILES string of the molecule is CCCCCCCCCCCCNC(=O)c1ccc(CNCc2nccs2)cc1. The lowest BCUT2D eigenvalue weighted by atomic mass is 10.1. The Labute approximate surface area is 180 Å². The Morgan fingerprint density at radius 1 is 0.897 bits per heavy atom. The Morgan fingerprint density at radius 2 is 1.55 bits per heavy atom. The first-order valence-electron chi connectivity index (χ1n) is 11.3. The molecule has 0 aliphatic heterocycles. The molecular formula is C24H37N3OS. The maximum atomic E-state index is 12.3. The molecule has 29 heavy (non-hydrogen) atoms. The van der Waals surface area contributed by atoms with Crippen molar-refractivity contribution in [3.63, 3.8) is 0 Å². The summed E-state index contributed by atoms with van der Waals surface area (Å²) in [5.41, 5.74) is 1.91. The Balaban J connectivity index is 1.49. The Hall–Kier alpha value is -1.72. The van der Waals surface area contributed by atoms with Gasteiger partial charge >= 0.3 is 0 Å². The second-order valence-electron chi connectivity index (χ2n) is 7.66. The summed E-state index contributed by atoms with van der Waals surface area (Å²) in [6, 6.07) is 7.86. The van der Waals surface area contributed by atoms with Crippen LogP contribution in [0.4, 0.5) is 0 Å². The molecule has 2 rings (SSSR count). The third-order valence-corrected chi connectivity index (χ3v) is 5.90. The summed E-state index contributed by atoms with van der Waals surface area (Å²) in [5, 5.41) is 9.50. The van der Waals surface area contributed by atoms with E-state index >= 15 is 0 Å². The summed E-state index contributed by atoms with van der Waals surface area (Å²) in [5.74, 6) is 0.0308. The number of carbonyl (C=O) groups is 1. The standard InChI is InChI=1S/C24H37N3OS/c1-2-3-4-5-6-7-8-9-10-11-16-27-24(28)22-14-12-21(13-15-22)19-25-20-23-26-17-18-29-23/h12-15,17-18,25H,2-11,16,19-20H2,1H3,(H,27,28). The van der Waals surface area contributed by atoms with Crippen LogP contribution >= 0.6 is 11.3 Å². The lowest BCUT2D eigenvalue weighted by Gasteiger charge is -2.07. The Kier molecular flexibility index (Phi) is 12.3. The maximum absolute atomic E-state index is 12.3. The molecular weight excluding hydrogens is 378 g/mol. The smallest absolute Gasteiger partial charge is 0.251 e. The van der Waals surface area contributed by atoms with Crippen LogP contribution in [0.5, 0.6) is 0 Å². The van der Waals surface area contributed by atoms with Crippen LogP contribution in [0.3, 0.4) is 0 Å². The minimum Gasteiger partial charge on any atom is -0.352 e. The quantitative estimate of drug-likeness (QED) is 0.326. The number of benzene rings is 1. The van der Waals surface area contributed by atoms with Crippen molar-refractivity contribution in [2.45, 2.75) is 84.2 Å². The third kappa shape index (κ3) is 10.6. The number of thiazole rings is 1. The number of aromatic nitrogens is 1. The van der Waals surface area contributed by atoms with E-state index in [2.05, 4.69) is 22.5 Å². The second-order valence-corrected chi connectivity index (χ2v) is 8.64. The van der Waals surface area contributed by atoms with E-state index < -0.39 is 0 Å². The van der Waals surface area contributed by atoms with Gasteiger partial charge in [-0.2, -0.15) is 0 Å². The maximum Gasteiger partial charge on any atom is 0.251 e. The van der Waals surface area contributed by atoms with E-state index in [1.165, 1.54) is 63.4 Å². The van der Waals surface area contributed by atoms with Gasteiger partial charge in [0.2, 0.25) is 0 Å². The van der Waals surface area contributed by atoms with Crippen molar-refractivity contribution in [1.82, 2.24) is 15.6 Å². The van der Waals surface area contributed by atoms with E-state index in [0.717, 1.165) is 36.6 Å². The molecule has 0 atom stereocenters. The predicted molar refractivity (Wildman–Crippen MR) is 123 cm³/mol. The van der Waals surface area contributed by atoms with E-state index in [4.69, 9.17) is 0 Å². The number of unbranched alkanes of at least 4 members (excludes halogenated alkanes) is 9. The fourth-order valence-corrected chi connectivity index (χ4v) is 3.93. The minimum absolute atomic E-state index is 0.0308. The van der Waals surface area contributed by atoms with Crippen LogP contribution in [0, 0.1) is 0 Å². The highest BCUT2D eigenvalue weighted by molar-refractivity contribution is 7.09. The normalized spacial score (nSPS) is 10.9. The number of hydrogen-bond donors (Lipinski definition) is 2. The van der Waals surface area contributed by atoms with Gasteiger partial charge in [-0.3, -0.25) is 4.79 Å². The van der Waals surface area contributed by atoms with Gasteiger partial charge in [0, 0.05) is 36.8 Å². The van der Waals surface area contributed by atoms with Gasteiger partial charge in [0.1, 0.15) is 5.01 Å². The van der Waals surface area contributed by atoms with Crippen LogP contribution in [-0.2, 0) is 13.1 Å². The van der Waals surface area contributed by atoms with Gasteiger partial charge in [-0.05, 0) is 24.1 Å².